The highest BCUT2D eigenvalue weighted by molar-refractivity contribution is 8.00. The van der Waals surface area contributed by atoms with Gasteiger partial charge in [0.15, 0.2) is 11.6 Å². The fourth-order valence-electron chi connectivity index (χ4n) is 5.16. The summed E-state index contributed by atoms with van der Waals surface area (Å²) in [5, 5.41) is 9.05. The van der Waals surface area contributed by atoms with E-state index in [0.717, 1.165) is 30.1 Å². The molecule has 4 aromatic rings. The van der Waals surface area contributed by atoms with Crippen LogP contribution in [0.2, 0.25) is 0 Å². The highest BCUT2D eigenvalue weighted by Crippen LogP contribution is 2.51. The Morgan fingerprint density at radius 3 is 2.50 bits per heavy atom. The van der Waals surface area contributed by atoms with Gasteiger partial charge in [0, 0.05) is 61.6 Å². The van der Waals surface area contributed by atoms with Crippen LogP contribution in [0.3, 0.4) is 0 Å². The second-order valence-corrected chi connectivity index (χ2v) is 12.1. The maximum atomic E-state index is 15.2. The average Bonchev–Trinajstić information content (AvgIpc) is 3.74. The molecule has 10 heteroatoms. The Labute approximate surface area is 259 Å². The molecule has 2 amide bonds. The third-order valence-electron chi connectivity index (χ3n) is 7.78. The summed E-state index contributed by atoms with van der Waals surface area (Å²) >= 11 is 1.66. The van der Waals surface area contributed by atoms with E-state index in [2.05, 4.69) is 45.2 Å². The van der Waals surface area contributed by atoms with Crippen LogP contribution in [0.1, 0.15) is 34.9 Å². The van der Waals surface area contributed by atoms with E-state index in [-0.39, 0.29) is 22.6 Å². The number of anilines is 2. The molecule has 6 rings (SSSR count). The first kappa shape index (κ1) is 29.8. The summed E-state index contributed by atoms with van der Waals surface area (Å²) in [7, 11) is 1.69. The van der Waals surface area contributed by atoms with Gasteiger partial charge in [-0.05, 0) is 48.2 Å². The SMILES string of the molecule is COCCNCc1cccc(C2Cc3nccc(Oc4ccc(NC(=O)C5(C(=O)Nc6ccccc6)CC5)cc4F)c3S2)c1. The molecule has 1 fully saturated rings. The van der Waals surface area contributed by atoms with E-state index in [1.54, 1.807) is 49.3 Å². The van der Waals surface area contributed by atoms with Crippen molar-refractivity contribution in [2.45, 2.75) is 36.0 Å². The number of nitrogens with zero attached hydrogens (tertiary/aromatic N) is 1. The molecule has 226 valence electrons. The van der Waals surface area contributed by atoms with Crippen molar-refractivity contribution >= 4 is 35.0 Å². The van der Waals surface area contributed by atoms with Crippen LogP contribution in [0.5, 0.6) is 11.5 Å². The molecule has 1 saturated carbocycles. The second kappa shape index (κ2) is 13.2. The van der Waals surface area contributed by atoms with Crippen molar-refractivity contribution < 1.29 is 23.5 Å². The zero-order valence-corrected chi connectivity index (χ0v) is 25.1. The van der Waals surface area contributed by atoms with Gasteiger partial charge in [-0.25, -0.2) is 4.39 Å². The summed E-state index contributed by atoms with van der Waals surface area (Å²) in [6.07, 6.45) is 3.28. The first-order chi connectivity index (χ1) is 21.4. The van der Waals surface area contributed by atoms with Crippen LogP contribution in [0.25, 0.3) is 0 Å². The van der Waals surface area contributed by atoms with E-state index in [0.29, 0.717) is 30.9 Å². The maximum absolute atomic E-state index is 15.2. The molecule has 0 bridgehead atoms. The zero-order chi connectivity index (χ0) is 30.5. The second-order valence-electron chi connectivity index (χ2n) is 10.9. The molecule has 1 unspecified atom stereocenters. The minimum absolute atomic E-state index is 0.0348. The number of nitrogens with one attached hydrogen (secondary N) is 3. The van der Waals surface area contributed by atoms with Crippen LogP contribution < -0.4 is 20.7 Å². The molecule has 1 aromatic heterocycles. The van der Waals surface area contributed by atoms with E-state index in [1.807, 2.05) is 18.2 Å². The smallest absolute Gasteiger partial charge is 0.240 e. The summed E-state index contributed by atoms with van der Waals surface area (Å²) in [4.78, 5) is 31.4. The van der Waals surface area contributed by atoms with Crippen LogP contribution in [0, 0.1) is 11.2 Å². The first-order valence-electron chi connectivity index (χ1n) is 14.5. The van der Waals surface area contributed by atoms with Crippen LogP contribution in [-0.2, 0) is 27.3 Å². The zero-order valence-electron chi connectivity index (χ0n) is 24.3. The van der Waals surface area contributed by atoms with Crippen LogP contribution in [0.15, 0.2) is 90.0 Å². The fraction of sp³-hybridized carbons (Fsp3) is 0.265. The summed E-state index contributed by atoms with van der Waals surface area (Å²) in [6.45, 7) is 2.20. The number of fused-ring (bicyclic) bond motifs is 1. The fourth-order valence-corrected chi connectivity index (χ4v) is 6.47. The lowest BCUT2D eigenvalue weighted by Gasteiger charge is -2.16. The van der Waals surface area contributed by atoms with E-state index in [9.17, 15) is 9.59 Å². The third-order valence-corrected chi connectivity index (χ3v) is 9.17. The van der Waals surface area contributed by atoms with E-state index < -0.39 is 17.1 Å². The van der Waals surface area contributed by atoms with Gasteiger partial charge < -0.3 is 25.4 Å². The standard InChI is InChI=1S/C34H33FN4O4S/c1-42-17-16-36-21-22-6-5-7-23(18-22)30-20-27-31(44-30)29(12-15-37-27)43-28-11-10-25(19-26(28)35)39-33(41)34(13-14-34)32(40)38-24-8-3-2-4-9-24/h2-12,15,18-19,30,36H,13-14,16-17,20-21H2,1H3,(H,38,40)(H,39,41). The Morgan fingerprint density at radius 1 is 0.955 bits per heavy atom. The Kier molecular flexibility index (Phi) is 8.92. The summed E-state index contributed by atoms with van der Waals surface area (Å²) in [6, 6.07) is 23.5. The van der Waals surface area contributed by atoms with Crippen molar-refractivity contribution in [3.05, 3.63) is 108 Å². The number of pyridine rings is 1. The number of aromatic nitrogens is 1. The van der Waals surface area contributed by atoms with Crippen molar-refractivity contribution in [2.24, 2.45) is 5.41 Å². The van der Waals surface area contributed by atoms with Crippen molar-refractivity contribution in [2.75, 3.05) is 30.9 Å². The van der Waals surface area contributed by atoms with Gasteiger partial charge in [-0.15, -0.1) is 11.8 Å². The molecule has 0 radical (unpaired) electrons. The number of ether oxygens (including phenoxy) is 2. The average molecular weight is 613 g/mol. The highest BCUT2D eigenvalue weighted by Gasteiger charge is 2.56. The number of benzene rings is 3. The largest absolute Gasteiger partial charge is 0.453 e. The number of hydrogen-bond donors (Lipinski definition) is 3. The molecule has 2 aliphatic rings. The van der Waals surface area contributed by atoms with Crippen molar-refractivity contribution in [3.63, 3.8) is 0 Å². The molecule has 8 nitrogen and oxygen atoms in total. The van der Waals surface area contributed by atoms with Crippen LogP contribution >= 0.6 is 11.8 Å². The Hall–Kier alpha value is -4.25. The Bertz CT molecular complexity index is 1660. The Morgan fingerprint density at radius 2 is 1.75 bits per heavy atom. The molecular weight excluding hydrogens is 579 g/mol. The van der Waals surface area contributed by atoms with Gasteiger partial charge in [0.05, 0.1) is 17.2 Å². The summed E-state index contributed by atoms with van der Waals surface area (Å²) in [5.41, 5.74) is 3.02. The molecule has 44 heavy (non-hydrogen) atoms. The van der Waals surface area contributed by atoms with E-state index in [1.165, 1.54) is 23.3 Å². The van der Waals surface area contributed by atoms with Crippen molar-refractivity contribution in [3.8, 4) is 11.5 Å². The number of hydrogen-bond acceptors (Lipinski definition) is 7. The van der Waals surface area contributed by atoms with E-state index >= 15 is 4.39 Å². The van der Waals surface area contributed by atoms with E-state index in [4.69, 9.17) is 9.47 Å². The molecular formula is C34H33FN4O4S. The first-order valence-corrected chi connectivity index (χ1v) is 15.4. The number of thioether (sulfide) groups is 1. The van der Waals surface area contributed by atoms with Gasteiger partial charge >= 0.3 is 0 Å². The topological polar surface area (TPSA) is 102 Å². The Balaban J connectivity index is 1.10. The lowest BCUT2D eigenvalue weighted by molar-refractivity contribution is -0.131. The van der Waals surface area contributed by atoms with Gasteiger partial charge in [-0.3, -0.25) is 14.6 Å². The van der Waals surface area contributed by atoms with Gasteiger partial charge in [0.2, 0.25) is 11.8 Å². The number of methoxy groups -OCH3 is 1. The predicted octanol–water partition coefficient (Wildman–Crippen LogP) is 6.50. The molecule has 3 aromatic carbocycles. The number of halogens is 1. The van der Waals surface area contributed by atoms with Gasteiger partial charge in [0.1, 0.15) is 11.2 Å². The maximum Gasteiger partial charge on any atom is 0.240 e. The number of rotatable bonds is 12. The normalized spacial score (nSPS) is 16.2. The van der Waals surface area contributed by atoms with Gasteiger partial charge in [-0.1, -0.05) is 42.5 Å². The highest BCUT2D eigenvalue weighted by atomic mass is 32.2. The molecule has 1 aliphatic carbocycles. The van der Waals surface area contributed by atoms with Gasteiger partial charge in [0.25, 0.3) is 0 Å². The molecule has 0 spiro atoms. The lowest BCUT2D eigenvalue weighted by Crippen LogP contribution is -2.35. The minimum atomic E-state index is -1.16. The number of para-hydroxylation sites is 1. The number of carbonyl (C=O) groups excluding carboxylic acids is 2. The molecule has 2 heterocycles. The van der Waals surface area contributed by atoms with Gasteiger partial charge in [-0.2, -0.15) is 0 Å². The molecule has 3 N–H and O–H groups in total. The molecule has 1 aliphatic heterocycles. The van der Waals surface area contributed by atoms with Crippen LogP contribution in [0.4, 0.5) is 15.8 Å². The minimum Gasteiger partial charge on any atom is -0.453 e. The third kappa shape index (κ3) is 6.62. The van der Waals surface area contributed by atoms with Crippen LogP contribution in [-0.4, -0.2) is 37.1 Å². The van der Waals surface area contributed by atoms with Crippen molar-refractivity contribution in [1.82, 2.24) is 10.3 Å². The predicted molar refractivity (Wildman–Crippen MR) is 168 cm³/mol. The lowest BCUT2D eigenvalue weighted by atomic mass is 10.0. The summed E-state index contributed by atoms with van der Waals surface area (Å²) in [5.74, 6) is -0.879. The van der Waals surface area contributed by atoms with Crippen molar-refractivity contribution in [1.29, 1.82) is 0 Å². The number of carbonyl (C=O) groups is 2. The summed E-state index contributed by atoms with van der Waals surface area (Å²) < 4.78 is 26.4. The number of amides is 2. The molecule has 0 saturated heterocycles. The quantitative estimate of drug-likeness (QED) is 0.124. The monoisotopic (exact) mass is 612 g/mol. The molecule has 1 atom stereocenters.